The third kappa shape index (κ3) is 2.51. The summed E-state index contributed by atoms with van der Waals surface area (Å²) in [5.74, 6) is 0.415. The van der Waals surface area contributed by atoms with Crippen LogP contribution >= 0.6 is 0 Å². The number of aromatic carboxylic acids is 1. The van der Waals surface area contributed by atoms with E-state index in [1.54, 1.807) is 13.0 Å². The molecule has 4 nitrogen and oxygen atoms in total. The maximum Gasteiger partial charge on any atom is 0.339 e. The van der Waals surface area contributed by atoms with E-state index in [1.807, 2.05) is 0 Å². The van der Waals surface area contributed by atoms with Crippen molar-refractivity contribution in [1.82, 2.24) is 0 Å². The summed E-state index contributed by atoms with van der Waals surface area (Å²) in [6.45, 7) is 11.2. The average Bonchev–Trinajstić information content (AvgIpc) is 2.51. The predicted molar refractivity (Wildman–Crippen MR) is 104 cm³/mol. The monoisotopic (exact) mass is 372 g/mol. The smallest absolute Gasteiger partial charge is 0.339 e. The normalized spacial score (nSPS) is 36.8. The van der Waals surface area contributed by atoms with E-state index in [-0.39, 0.29) is 28.2 Å². The highest BCUT2D eigenvalue weighted by Crippen LogP contribution is 2.65. The minimum absolute atomic E-state index is 0.0161. The number of hydrogen-bond acceptors (Lipinski definition) is 3. The van der Waals surface area contributed by atoms with Gasteiger partial charge in [-0.25, -0.2) is 4.79 Å². The predicted octanol–water partition coefficient (Wildman–Crippen LogP) is 5.34. The van der Waals surface area contributed by atoms with E-state index >= 15 is 0 Å². The van der Waals surface area contributed by atoms with Crippen LogP contribution in [-0.2, 0) is 6.42 Å². The minimum atomic E-state index is -1.08. The maximum absolute atomic E-state index is 11.6. The van der Waals surface area contributed by atoms with Crippen molar-refractivity contribution in [3.63, 3.8) is 0 Å². The molecule has 0 bridgehead atoms. The number of carboxylic acid groups (broad SMARTS) is 1. The van der Waals surface area contributed by atoms with Crippen molar-refractivity contribution in [1.29, 1.82) is 0 Å². The fourth-order valence-corrected chi connectivity index (χ4v) is 7.00. The number of phenols is 1. The van der Waals surface area contributed by atoms with Crippen molar-refractivity contribution in [3.8, 4) is 11.5 Å². The highest BCUT2D eigenvalue weighted by molar-refractivity contribution is 5.93. The molecule has 0 spiro atoms. The lowest BCUT2D eigenvalue weighted by molar-refractivity contribution is -0.162. The van der Waals surface area contributed by atoms with Gasteiger partial charge in [0.1, 0.15) is 22.7 Å². The first-order valence-electron chi connectivity index (χ1n) is 10.3. The Morgan fingerprint density at radius 3 is 2.52 bits per heavy atom. The second-order valence-corrected chi connectivity index (χ2v) is 10.3. The molecule has 148 valence electrons. The van der Waals surface area contributed by atoms with E-state index < -0.39 is 5.97 Å². The van der Waals surface area contributed by atoms with Crippen LogP contribution in [0, 0.1) is 29.6 Å². The molecule has 0 aromatic heterocycles. The molecule has 2 aliphatic carbocycles. The van der Waals surface area contributed by atoms with Crippen molar-refractivity contribution in [2.45, 2.75) is 78.7 Å². The second-order valence-electron chi connectivity index (χ2n) is 10.3. The molecule has 4 rings (SSSR count). The van der Waals surface area contributed by atoms with Crippen molar-refractivity contribution in [2.24, 2.45) is 22.7 Å². The molecule has 1 aliphatic heterocycles. The van der Waals surface area contributed by atoms with Crippen LogP contribution in [0.15, 0.2) is 6.07 Å². The average molecular weight is 373 g/mol. The summed E-state index contributed by atoms with van der Waals surface area (Å²) >= 11 is 0. The number of benzene rings is 1. The fourth-order valence-electron chi connectivity index (χ4n) is 7.00. The Balaban J connectivity index is 1.83. The van der Waals surface area contributed by atoms with Gasteiger partial charge < -0.3 is 14.9 Å². The van der Waals surface area contributed by atoms with Gasteiger partial charge in [0.15, 0.2) is 0 Å². The SMILES string of the molecule is Cc1cc2c(c(O)c1C(=O)O)C[C@@H]1[C@@]3(C)CCCC(C)(C)[C@@H]3CC[C@@]1(C)O2. The zero-order valence-electron chi connectivity index (χ0n) is 17.2. The van der Waals surface area contributed by atoms with Crippen LogP contribution in [0.1, 0.15) is 81.3 Å². The van der Waals surface area contributed by atoms with Crippen molar-refractivity contribution < 1.29 is 19.7 Å². The van der Waals surface area contributed by atoms with Gasteiger partial charge in [-0.2, -0.15) is 0 Å². The molecule has 1 aromatic rings. The van der Waals surface area contributed by atoms with Gasteiger partial charge in [-0.05, 0) is 74.3 Å². The Hall–Kier alpha value is -1.71. The molecule has 0 unspecified atom stereocenters. The van der Waals surface area contributed by atoms with Crippen LogP contribution in [0.2, 0.25) is 0 Å². The molecule has 0 amide bonds. The molecule has 0 radical (unpaired) electrons. The third-order valence-electron chi connectivity index (χ3n) is 8.27. The maximum atomic E-state index is 11.6. The van der Waals surface area contributed by atoms with Crippen molar-refractivity contribution in [2.75, 3.05) is 0 Å². The van der Waals surface area contributed by atoms with Gasteiger partial charge in [0.05, 0.1) is 0 Å². The van der Waals surface area contributed by atoms with Crippen LogP contribution < -0.4 is 4.74 Å². The standard InChI is InChI=1S/C23H32O4/c1-13-11-15-14(19(24)18(13)20(25)26)12-17-22(4)9-6-8-21(2,3)16(22)7-10-23(17,5)27-15/h11,16-17,24H,6-10,12H2,1-5H3,(H,25,26)/t16-,17+,22-,23+/m0/s1. The zero-order chi connectivity index (χ0) is 19.8. The molecule has 0 saturated heterocycles. The highest BCUT2D eigenvalue weighted by atomic mass is 16.5. The third-order valence-corrected chi connectivity index (χ3v) is 8.27. The number of ether oxygens (including phenoxy) is 1. The van der Waals surface area contributed by atoms with E-state index in [9.17, 15) is 15.0 Å². The molecule has 2 N–H and O–H groups in total. The van der Waals surface area contributed by atoms with E-state index in [1.165, 1.54) is 25.7 Å². The van der Waals surface area contributed by atoms with Crippen LogP contribution in [0.4, 0.5) is 0 Å². The summed E-state index contributed by atoms with van der Waals surface area (Å²) in [6.07, 6.45) is 6.55. The number of aromatic hydroxyl groups is 1. The van der Waals surface area contributed by atoms with Crippen LogP contribution in [-0.4, -0.2) is 21.8 Å². The van der Waals surface area contributed by atoms with Gasteiger partial charge in [0, 0.05) is 11.5 Å². The number of fused-ring (bicyclic) bond motifs is 4. The molecule has 27 heavy (non-hydrogen) atoms. The number of hydrogen-bond donors (Lipinski definition) is 2. The van der Waals surface area contributed by atoms with E-state index in [4.69, 9.17) is 4.74 Å². The first-order chi connectivity index (χ1) is 12.5. The van der Waals surface area contributed by atoms with Gasteiger partial charge in [0.25, 0.3) is 0 Å². The Morgan fingerprint density at radius 2 is 1.85 bits per heavy atom. The lowest BCUT2D eigenvalue weighted by Gasteiger charge is -2.63. The lowest BCUT2D eigenvalue weighted by atomic mass is 9.44. The lowest BCUT2D eigenvalue weighted by Crippen LogP contribution is -2.61. The largest absolute Gasteiger partial charge is 0.507 e. The van der Waals surface area contributed by atoms with Crippen molar-refractivity contribution in [3.05, 3.63) is 22.8 Å². The molecular weight excluding hydrogens is 340 g/mol. The molecule has 4 heteroatoms. The summed E-state index contributed by atoms with van der Waals surface area (Å²) in [5.41, 5.74) is 1.46. The topological polar surface area (TPSA) is 66.8 Å². The van der Waals surface area contributed by atoms with Crippen LogP contribution in [0.5, 0.6) is 11.5 Å². The Bertz CT molecular complexity index is 811. The van der Waals surface area contributed by atoms with E-state index in [0.29, 0.717) is 34.6 Å². The molecule has 4 atom stereocenters. The molecular formula is C23H32O4. The molecule has 3 aliphatic rings. The number of carbonyl (C=O) groups is 1. The van der Waals surface area contributed by atoms with E-state index in [2.05, 4.69) is 27.7 Å². The van der Waals surface area contributed by atoms with Gasteiger partial charge in [0.2, 0.25) is 0 Å². The Labute approximate surface area is 161 Å². The summed E-state index contributed by atoms with van der Waals surface area (Å²) in [7, 11) is 0. The molecule has 1 heterocycles. The van der Waals surface area contributed by atoms with Gasteiger partial charge >= 0.3 is 5.97 Å². The van der Waals surface area contributed by atoms with Crippen LogP contribution in [0.25, 0.3) is 0 Å². The summed E-state index contributed by atoms with van der Waals surface area (Å²) in [6, 6.07) is 1.80. The van der Waals surface area contributed by atoms with Gasteiger partial charge in [-0.3, -0.25) is 0 Å². The Kier molecular flexibility index (Phi) is 3.90. The minimum Gasteiger partial charge on any atom is -0.507 e. The number of aryl methyl sites for hydroxylation is 1. The highest BCUT2D eigenvalue weighted by Gasteiger charge is 2.60. The van der Waals surface area contributed by atoms with Gasteiger partial charge in [-0.1, -0.05) is 27.2 Å². The van der Waals surface area contributed by atoms with E-state index in [0.717, 1.165) is 6.42 Å². The first-order valence-corrected chi connectivity index (χ1v) is 10.3. The number of carboxylic acids is 1. The van der Waals surface area contributed by atoms with Crippen LogP contribution in [0.3, 0.4) is 0 Å². The molecule has 1 aromatic carbocycles. The summed E-state index contributed by atoms with van der Waals surface area (Å²) in [4.78, 5) is 11.6. The van der Waals surface area contributed by atoms with Gasteiger partial charge in [-0.15, -0.1) is 0 Å². The second kappa shape index (κ2) is 5.65. The summed E-state index contributed by atoms with van der Waals surface area (Å²) in [5, 5.41) is 20.3. The Morgan fingerprint density at radius 1 is 1.15 bits per heavy atom. The quantitative estimate of drug-likeness (QED) is 0.699. The zero-order valence-corrected chi connectivity index (χ0v) is 17.2. The number of rotatable bonds is 1. The van der Waals surface area contributed by atoms with Crippen molar-refractivity contribution >= 4 is 5.97 Å². The molecule has 2 saturated carbocycles. The summed E-state index contributed by atoms with van der Waals surface area (Å²) < 4.78 is 6.55. The first kappa shape index (κ1) is 18.6. The molecule has 2 fully saturated rings. The fraction of sp³-hybridized carbons (Fsp3) is 0.696.